The molecular formula is C17H21N3OS. The van der Waals surface area contributed by atoms with E-state index in [1.165, 1.54) is 11.3 Å². The van der Waals surface area contributed by atoms with E-state index >= 15 is 0 Å². The average Bonchev–Trinajstić information content (AvgIpc) is 2.92. The maximum Gasteiger partial charge on any atom is 0.266 e. The number of carbonyl (C=O) groups is 1. The van der Waals surface area contributed by atoms with Crippen molar-refractivity contribution in [3.8, 4) is 10.6 Å². The summed E-state index contributed by atoms with van der Waals surface area (Å²) in [6, 6.07) is 10.5. The number of nitrogens with zero attached hydrogens (tertiary/aromatic N) is 2. The smallest absolute Gasteiger partial charge is 0.266 e. The van der Waals surface area contributed by atoms with Crippen molar-refractivity contribution in [3.05, 3.63) is 40.9 Å². The summed E-state index contributed by atoms with van der Waals surface area (Å²) in [5.74, 6) is 0.109. The maximum atomic E-state index is 12.9. The zero-order valence-electron chi connectivity index (χ0n) is 13.2. The summed E-state index contributed by atoms with van der Waals surface area (Å²) in [6.07, 6.45) is 0. The van der Waals surface area contributed by atoms with Crippen molar-refractivity contribution in [1.29, 1.82) is 0 Å². The van der Waals surface area contributed by atoms with Crippen molar-refractivity contribution in [2.24, 2.45) is 0 Å². The highest BCUT2D eigenvalue weighted by molar-refractivity contribution is 7.17. The second kappa shape index (κ2) is 6.18. The van der Waals surface area contributed by atoms with E-state index in [-0.39, 0.29) is 11.9 Å². The summed E-state index contributed by atoms with van der Waals surface area (Å²) in [5, 5.41) is 4.32. The fourth-order valence-corrected chi connectivity index (χ4v) is 3.80. The second-order valence-electron chi connectivity index (χ2n) is 5.78. The van der Waals surface area contributed by atoms with Crippen LogP contribution in [0, 0.1) is 6.92 Å². The van der Waals surface area contributed by atoms with E-state index in [2.05, 4.69) is 24.1 Å². The fraction of sp³-hybridized carbons (Fsp3) is 0.412. The molecule has 2 aromatic rings. The molecule has 22 heavy (non-hydrogen) atoms. The Morgan fingerprint density at radius 2 is 2.05 bits per heavy atom. The number of thiazole rings is 1. The van der Waals surface area contributed by atoms with E-state index in [1.807, 2.05) is 42.2 Å². The molecule has 1 saturated heterocycles. The number of nitrogens with one attached hydrogen (secondary N) is 1. The summed E-state index contributed by atoms with van der Waals surface area (Å²) in [6.45, 7) is 7.75. The third-order valence-electron chi connectivity index (χ3n) is 4.31. The summed E-state index contributed by atoms with van der Waals surface area (Å²) in [4.78, 5) is 20.2. The number of piperazine rings is 1. The molecular weight excluding hydrogens is 294 g/mol. The molecule has 0 aliphatic carbocycles. The number of rotatable bonds is 2. The van der Waals surface area contributed by atoms with Gasteiger partial charge in [-0.2, -0.15) is 0 Å². The minimum absolute atomic E-state index is 0.109. The van der Waals surface area contributed by atoms with E-state index < -0.39 is 0 Å². The summed E-state index contributed by atoms with van der Waals surface area (Å²) < 4.78 is 0. The van der Waals surface area contributed by atoms with Crippen molar-refractivity contribution >= 4 is 17.2 Å². The quantitative estimate of drug-likeness (QED) is 0.927. The maximum absolute atomic E-state index is 12.9. The van der Waals surface area contributed by atoms with Crippen LogP contribution >= 0.6 is 11.3 Å². The van der Waals surface area contributed by atoms with Gasteiger partial charge in [-0.3, -0.25) is 4.79 Å². The predicted molar refractivity (Wildman–Crippen MR) is 90.3 cm³/mol. The summed E-state index contributed by atoms with van der Waals surface area (Å²) >= 11 is 1.49. The van der Waals surface area contributed by atoms with Crippen molar-refractivity contribution in [3.63, 3.8) is 0 Å². The highest BCUT2D eigenvalue weighted by atomic mass is 32.1. The lowest BCUT2D eigenvalue weighted by Gasteiger charge is -2.38. The molecule has 116 valence electrons. The number of benzene rings is 1. The number of aryl methyl sites for hydroxylation is 1. The Morgan fingerprint density at radius 3 is 2.77 bits per heavy atom. The minimum Gasteiger partial charge on any atom is -0.332 e. The zero-order chi connectivity index (χ0) is 15.7. The monoisotopic (exact) mass is 315 g/mol. The van der Waals surface area contributed by atoms with Crippen LogP contribution < -0.4 is 5.32 Å². The molecule has 1 N–H and O–H groups in total. The van der Waals surface area contributed by atoms with Gasteiger partial charge in [-0.25, -0.2) is 4.98 Å². The molecule has 1 fully saturated rings. The van der Waals surface area contributed by atoms with Crippen LogP contribution in [-0.2, 0) is 0 Å². The van der Waals surface area contributed by atoms with E-state index in [0.29, 0.717) is 6.04 Å². The Hall–Kier alpha value is -1.72. The summed E-state index contributed by atoms with van der Waals surface area (Å²) in [5.41, 5.74) is 1.89. The van der Waals surface area contributed by atoms with E-state index in [1.54, 1.807) is 0 Å². The van der Waals surface area contributed by atoms with Gasteiger partial charge in [0, 0.05) is 30.7 Å². The molecule has 2 atom stereocenters. The molecule has 1 aliphatic rings. The van der Waals surface area contributed by atoms with Crippen LogP contribution in [0.25, 0.3) is 10.6 Å². The molecule has 2 heterocycles. The third kappa shape index (κ3) is 2.78. The Labute approximate surface area is 135 Å². The molecule has 0 spiro atoms. The van der Waals surface area contributed by atoms with Crippen molar-refractivity contribution in [1.82, 2.24) is 15.2 Å². The van der Waals surface area contributed by atoms with Gasteiger partial charge in [-0.05, 0) is 20.8 Å². The molecule has 1 aromatic heterocycles. The Balaban J connectivity index is 1.89. The van der Waals surface area contributed by atoms with Crippen LogP contribution in [0.5, 0.6) is 0 Å². The molecule has 4 nitrogen and oxygen atoms in total. The standard InChI is InChI=1S/C17H21N3OS/c1-11-13(3)20(10-9-18-11)17(21)15-12(2)19-16(22-15)14-7-5-4-6-8-14/h4-8,11,13,18H,9-10H2,1-3H3. The van der Waals surface area contributed by atoms with Crippen LogP contribution in [-0.4, -0.2) is 41.0 Å². The summed E-state index contributed by atoms with van der Waals surface area (Å²) in [7, 11) is 0. The molecule has 0 radical (unpaired) electrons. The molecule has 1 aliphatic heterocycles. The van der Waals surface area contributed by atoms with E-state index in [9.17, 15) is 4.79 Å². The molecule has 0 saturated carbocycles. The predicted octanol–water partition coefficient (Wildman–Crippen LogP) is 2.94. The van der Waals surface area contributed by atoms with Gasteiger partial charge in [0.15, 0.2) is 0 Å². The van der Waals surface area contributed by atoms with E-state index in [0.717, 1.165) is 34.2 Å². The fourth-order valence-electron chi connectivity index (χ4n) is 2.77. The highest BCUT2D eigenvalue weighted by Crippen LogP contribution is 2.29. The van der Waals surface area contributed by atoms with Gasteiger partial charge in [-0.1, -0.05) is 30.3 Å². The van der Waals surface area contributed by atoms with Crippen molar-refractivity contribution < 1.29 is 4.79 Å². The number of carbonyl (C=O) groups excluding carboxylic acids is 1. The SMILES string of the molecule is Cc1nc(-c2ccccc2)sc1C(=O)N1CCNC(C)C1C. The lowest BCUT2D eigenvalue weighted by Crippen LogP contribution is -2.57. The largest absolute Gasteiger partial charge is 0.332 e. The van der Waals surface area contributed by atoms with Crippen LogP contribution in [0.4, 0.5) is 0 Å². The van der Waals surface area contributed by atoms with Crippen molar-refractivity contribution in [2.75, 3.05) is 13.1 Å². The zero-order valence-corrected chi connectivity index (χ0v) is 14.0. The first-order chi connectivity index (χ1) is 10.6. The number of hydrogen-bond donors (Lipinski definition) is 1. The van der Waals surface area contributed by atoms with Gasteiger partial charge in [0.05, 0.1) is 5.69 Å². The molecule has 1 amide bonds. The van der Waals surface area contributed by atoms with Crippen LogP contribution in [0.1, 0.15) is 29.2 Å². The van der Waals surface area contributed by atoms with Gasteiger partial charge < -0.3 is 10.2 Å². The van der Waals surface area contributed by atoms with E-state index in [4.69, 9.17) is 0 Å². The lowest BCUT2D eigenvalue weighted by molar-refractivity contribution is 0.0607. The van der Waals surface area contributed by atoms with Crippen LogP contribution in [0.15, 0.2) is 30.3 Å². The molecule has 5 heteroatoms. The molecule has 1 aromatic carbocycles. The van der Waals surface area contributed by atoms with Crippen molar-refractivity contribution in [2.45, 2.75) is 32.9 Å². The van der Waals surface area contributed by atoms with Crippen LogP contribution in [0.2, 0.25) is 0 Å². The Bertz CT molecular complexity index is 668. The second-order valence-corrected chi connectivity index (χ2v) is 6.78. The molecule has 0 bridgehead atoms. The average molecular weight is 315 g/mol. The molecule has 2 unspecified atom stereocenters. The lowest BCUT2D eigenvalue weighted by atomic mass is 10.1. The normalized spacial score (nSPS) is 21.9. The topological polar surface area (TPSA) is 45.2 Å². The highest BCUT2D eigenvalue weighted by Gasteiger charge is 2.30. The number of amides is 1. The molecule has 3 rings (SSSR count). The first-order valence-corrected chi connectivity index (χ1v) is 8.47. The van der Waals surface area contributed by atoms with Gasteiger partial charge in [-0.15, -0.1) is 11.3 Å². The van der Waals surface area contributed by atoms with Gasteiger partial charge >= 0.3 is 0 Å². The Morgan fingerprint density at radius 1 is 1.32 bits per heavy atom. The number of aromatic nitrogens is 1. The van der Waals surface area contributed by atoms with Gasteiger partial charge in [0.25, 0.3) is 5.91 Å². The first-order valence-electron chi connectivity index (χ1n) is 7.65. The van der Waals surface area contributed by atoms with Crippen LogP contribution in [0.3, 0.4) is 0 Å². The number of hydrogen-bond acceptors (Lipinski definition) is 4. The minimum atomic E-state index is 0.109. The first kappa shape index (κ1) is 15.2. The third-order valence-corrected chi connectivity index (χ3v) is 5.50. The van der Waals surface area contributed by atoms with Gasteiger partial charge in [0.2, 0.25) is 0 Å². The van der Waals surface area contributed by atoms with Gasteiger partial charge in [0.1, 0.15) is 9.88 Å². The Kier molecular flexibility index (Phi) is 4.27.